The van der Waals surface area contributed by atoms with Crippen LogP contribution < -0.4 is 10.1 Å². The van der Waals surface area contributed by atoms with Crippen molar-refractivity contribution in [3.8, 4) is 6.01 Å². The van der Waals surface area contributed by atoms with Gasteiger partial charge in [-0.25, -0.2) is 14.8 Å². The molecule has 0 aromatic carbocycles. The molecule has 0 saturated carbocycles. The van der Waals surface area contributed by atoms with E-state index >= 15 is 0 Å². The van der Waals surface area contributed by atoms with Crippen LogP contribution in [0.1, 0.15) is 20.3 Å². The molecule has 0 saturated heterocycles. The molecule has 1 heterocycles. The van der Waals surface area contributed by atoms with Crippen molar-refractivity contribution in [3.63, 3.8) is 0 Å². The van der Waals surface area contributed by atoms with Gasteiger partial charge in [-0.05, 0) is 13.3 Å². The van der Waals surface area contributed by atoms with Gasteiger partial charge in [0, 0.05) is 0 Å². The monoisotopic (exact) mass is 255 g/mol. The van der Waals surface area contributed by atoms with Crippen LogP contribution in [0.25, 0.3) is 0 Å². The molecule has 0 spiro atoms. The molecular weight excluding hydrogens is 238 g/mol. The summed E-state index contributed by atoms with van der Waals surface area (Å²) in [6.45, 7) is 3.75. The lowest BCUT2D eigenvalue weighted by Crippen LogP contribution is -2.19. The van der Waals surface area contributed by atoms with Crippen LogP contribution in [0, 0.1) is 0 Å². The molecule has 1 amide bonds. The molecule has 0 radical (unpaired) electrons. The maximum absolute atomic E-state index is 11.4. The van der Waals surface area contributed by atoms with Crippen molar-refractivity contribution in [1.29, 1.82) is 0 Å². The van der Waals surface area contributed by atoms with E-state index in [1.165, 1.54) is 12.4 Å². The van der Waals surface area contributed by atoms with Gasteiger partial charge in [0.1, 0.15) is 12.7 Å². The molecule has 0 fully saturated rings. The number of nitrogens with zero attached hydrogens (tertiary/aromatic N) is 2. The van der Waals surface area contributed by atoms with Gasteiger partial charge in [-0.1, -0.05) is 6.92 Å². The zero-order chi connectivity index (χ0) is 13.4. The number of aliphatic hydroxyl groups excluding tert-OH is 1. The van der Waals surface area contributed by atoms with Crippen molar-refractivity contribution in [2.45, 2.75) is 26.4 Å². The second kappa shape index (κ2) is 7.44. The van der Waals surface area contributed by atoms with Crippen molar-refractivity contribution in [1.82, 2.24) is 9.97 Å². The predicted octanol–water partition coefficient (Wildman–Crippen LogP) is 1.19. The number of carbonyl (C=O) groups is 1. The number of ether oxygens (including phenoxy) is 2. The van der Waals surface area contributed by atoms with Gasteiger partial charge < -0.3 is 14.6 Å². The fraction of sp³-hybridized carbons (Fsp3) is 0.545. The van der Waals surface area contributed by atoms with Gasteiger partial charge in [-0.15, -0.1) is 0 Å². The number of rotatable bonds is 6. The van der Waals surface area contributed by atoms with E-state index < -0.39 is 6.09 Å². The van der Waals surface area contributed by atoms with Gasteiger partial charge in [0.25, 0.3) is 0 Å². The molecule has 18 heavy (non-hydrogen) atoms. The first-order valence-electron chi connectivity index (χ1n) is 5.69. The third-order valence-electron chi connectivity index (χ3n) is 2.08. The molecule has 0 aliphatic carbocycles. The van der Waals surface area contributed by atoms with Crippen LogP contribution in [0.15, 0.2) is 12.4 Å². The Balaban J connectivity index is 2.45. The Kier molecular flexibility index (Phi) is 5.86. The first kappa shape index (κ1) is 14.2. The fourth-order valence-corrected chi connectivity index (χ4v) is 1.01. The van der Waals surface area contributed by atoms with E-state index in [9.17, 15) is 4.79 Å². The van der Waals surface area contributed by atoms with Gasteiger partial charge in [0.05, 0.1) is 24.7 Å². The zero-order valence-corrected chi connectivity index (χ0v) is 10.4. The third-order valence-corrected chi connectivity index (χ3v) is 2.08. The van der Waals surface area contributed by atoms with Gasteiger partial charge in [-0.2, -0.15) is 0 Å². The van der Waals surface area contributed by atoms with Crippen LogP contribution in [0.3, 0.4) is 0 Å². The normalized spacial score (nSPS) is 11.7. The number of nitrogens with one attached hydrogen (secondary N) is 1. The van der Waals surface area contributed by atoms with E-state index in [1.807, 2.05) is 13.8 Å². The molecule has 1 rings (SSSR count). The van der Waals surface area contributed by atoms with Crippen LogP contribution in [-0.2, 0) is 4.74 Å². The largest absolute Gasteiger partial charge is 0.461 e. The van der Waals surface area contributed by atoms with Crippen LogP contribution >= 0.6 is 0 Å². The minimum atomic E-state index is -0.544. The Bertz CT molecular complexity index is 369. The average molecular weight is 255 g/mol. The van der Waals surface area contributed by atoms with Gasteiger partial charge in [0.15, 0.2) is 0 Å². The number of hydrogen-bond donors (Lipinski definition) is 2. The molecule has 0 aliphatic rings. The van der Waals surface area contributed by atoms with Crippen LogP contribution in [-0.4, -0.2) is 40.5 Å². The Morgan fingerprint density at radius 2 is 2.17 bits per heavy atom. The molecule has 0 bridgehead atoms. The van der Waals surface area contributed by atoms with Gasteiger partial charge in [-0.3, -0.25) is 5.32 Å². The van der Waals surface area contributed by atoms with E-state index in [2.05, 4.69) is 15.3 Å². The highest BCUT2D eigenvalue weighted by Gasteiger charge is 2.08. The second-order valence-corrected chi connectivity index (χ2v) is 3.58. The average Bonchev–Trinajstić information content (AvgIpc) is 2.37. The summed E-state index contributed by atoms with van der Waals surface area (Å²) < 4.78 is 10.0. The molecule has 100 valence electrons. The Labute approximate surface area is 105 Å². The molecule has 1 atom stereocenters. The summed E-state index contributed by atoms with van der Waals surface area (Å²) in [5.41, 5.74) is 0.416. The van der Waals surface area contributed by atoms with Crippen molar-refractivity contribution >= 4 is 11.8 Å². The highest BCUT2D eigenvalue weighted by molar-refractivity contribution is 5.84. The smallest absolute Gasteiger partial charge is 0.411 e. The minimum Gasteiger partial charge on any atom is -0.461 e. The highest BCUT2D eigenvalue weighted by atomic mass is 16.6. The standard InChI is InChI=1S/C11H17N3O4/c1-3-8(2)18-11(16)14-9-6-12-10(13-7-9)17-5-4-15/h6-8,15H,3-5H2,1-2H3,(H,14,16). The molecule has 1 aromatic heterocycles. The lowest BCUT2D eigenvalue weighted by Gasteiger charge is -2.11. The number of aliphatic hydroxyl groups is 1. The van der Waals surface area contributed by atoms with Gasteiger partial charge >= 0.3 is 12.1 Å². The topological polar surface area (TPSA) is 93.6 Å². The van der Waals surface area contributed by atoms with Crippen molar-refractivity contribution in [2.24, 2.45) is 0 Å². The summed E-state index contributed by atoms with van der Waals surface area (Å²) in [5.74, 6) is 0. The molecule has 0 aliphatic heterocycles. The summed E-state index contributed by atoms with van der Waals surface area (Å²) in [6.07, 6.45) is 2.86. The highest BCUT2D eigenvalue weighted by Crippen LogP contribution is 2.08. The lowest BCUT2D eigenvalue weighted by molar-refractivity contribution is 0.118. The van der Waals surface area contributed by atoms with Crippen LogP contribution in [0.4, 0.5) is 10.5 Å². The summed E-state index contributed by atoms with van der Waals surface area (Å²) in [5, 5.41) is 11.1. The molecule has 7 heteroatoms. The predicted molar refractivity (Wildman–Crippen MR) is 64.5 cm³/mol. The molecule has 7 nitrogen and oxygen atoms in total. The van der Waals surface area contributed by atoms with Gasteiger partial charge in [0.2, 0.25) is 0 Å². The Morgan fingerprint density at radius 1 is 1.50 bits per heavy atom. The minimum absolute atomic E-state index is 0.107. The first-order valence-corrected chi connectivity index (χ1v) is 5.69. The SMILES string of the molecule is CCC(C)OC(=O)Nc1cnc(OCCO)nc1. The van der Waals surface area contributed by atoms with E-state index in [1.54, 1.807) is 0 Å². The molecular formula is C11H17N3O4. The maximum atomic E-state index is 11.4. The number of anilines is 1. The first-order chi connectivity index (χ1) is 8.65. The lowest BCUT2D eigenvalue weighted by atomic mass is 10.3. The second-order valence-electron chi connectivity index (χ2n) is 3.58. The van der Waals surface area contributed by atoms with E-state index in [0.29, 0.717) is 5.69 Å². The number of hydrogen-bond acceptors (Lipinski definition) is 6. The fourth-order valence-electron chi connectivity index (χ4n) is 1.01. The van der Waals surface area contributed by atoms with Crippen LogP contribution in [0.5, 0.6) is 6.01 Å². The Hall–Kier alpha value is -1.89. The van der Waals surface area contributed by atoms with Crippen LogP contribution in [0.2, 0.25) is 0 Å². The van der Waals surface area contributed by atoms with E-state index in [-0.39, 0.29) is 25.3 Å². The zero-order valence-electron chi connectivity index (χ0n) is 10.4. The third kappa shape index (κ3) is 4.96. The van der Waals surface area contributed by atoms with Crippen molar-refractivity contribution in [2.75, 3.05) is 18.5 Å². The Morgan fingerprint density at radius 3 is 2.72 bits per heavy atom. The summed E-state index contributed by atoms with van der Waals surface area (Å²) in [6, 6.07) is 0.143. The number of amides is 1. The summed E-state index contributed by atoms with van der Waals surface area (Å²) in [7, 11) is 0. The van der Waals surface area contributed by atoms with Crippen molar-refractivity contribution in [3.05, 3.63) is 12.4 Å². The number of carbonyl (C=O) groups excluding carboxylic acids is 1. The van der Waals surface area contributed by atoms with E-state index in [0.717, 1.165) is 6.42 Å². The summed E-state index contributed by atoms with van der Waals surface area (Å²) in [4.78, 5) is 19.1. The molecule has 1 unspecified atom stereocenters. The quantitative estimate of drug-likeness (QED) is 0.793. The van der Waals surface area contributed by atoms with E-state index in [4.69, 9.17) is 14.6 Å². The maximum Gasteiger partial charge on any atom is 0.411 e. The van der Waals surface area contributed by atoms with Crippen molar-refractivity contribution < 1.29 is 19.4 Å². The summed E-state index contributed by atoms with van der Waals surface area (Å²) >= 11 is 0. The molecule has 2 N–H and O–H groups in total. The molecule has 1 aromatic rings. The number of aromatic nitrogens is 2.